The number of hydrogen-bond donors (Lipinski definition) is 2. The van der Waals surface area contributed by atoms with Crippen molar-refractivity contribution in [3.63, 3.8) is 0 Å². The molecule has 0 saturated carbocycles. The van der Waals surface area contributed by atoms with E-state index < -0.39 is 22.3 Å². The SMILES string of the molecule is CCOc1cc(/C=C(\C#N)C(=O)NC[C@H]2CCCO2)cc([N+](=O)[O-])c1O. The van der Waals surface area contributed by atoms with Crippen LogP contribution in [-0.4, -0.2) is 41.8 Å². The smallest absolute Gasteiger partial charge is 0.315 e. The fourth-order valence-electron chi connectivity index (χ4n) is 2.52. The lowest BCUT2D eigenvalue weighted by atomic mass is 10.1. The fourth-order valence-corrected chi connectivity index (χ4v) is 2.52. The Morgan fingerprint density at radius 2 is 2.38 bits per heavy atom. The Labute approximate surface area is 150 Å². The van der Waals surface area contributed by atoms with Crippen molar-refractivity contribution in [1.29, 1.82) is 5.26 Å². The Kier molecular flexibility index (Phi) is 6.52. The number of hydrogen-bond acceptors (Lipinski definition) is 7. The molecule has 2 N–H and O–H groups in total. The van der Waals surface area contributed by atoms with E-state index in [1.165, 1.54) is 12.1 Å². The van der Waals surface area contributed by atoms with Crippen molar-refractivity contribution in [2.24, 2.45) is 0 Å². The van der Waals surface area contributed by atoms with Crippen LogP contribution in [0, 0.1) is 21.4 Å². The molecule has 1 fully saturated rings. The van der Waals surface area contributed by atoms with Gasteiger partial charge in [0.2, 0.25) is 5.75 Å². The summed E-state index contributed by atoms with van der Waals surface area (Å²) in [5.74, 6) is -1.29. The van der Waals surface area contributed by atoms with Crippen LogP contribution in [0.1, 0.15) is 25.3 Å². The lowest BCUT2D eigenvalue weighted by Gasteiger charge is -2.10. The first-order valence-electron chi connectivity index (χ1n) is 8.12. The topological polar surface area (TPSA) is 135 Å². The molecule has 9 nitrogen and oxygen atoms in total. The Bertz CT molecular complexity index is 762. The summed E-state index contributed by atoms with van der Waals surface area (Å²) >= 11 is 0. The molecule has 138 valence electrons. The molecular formula is C17H19N3O6. The highest BCUT2D eigenvalue weighted by atomic mass is 16.6. The molecule has 9 heteroatoms. The summed E-state index contributed by atoms with van der Waals surface area (Å²) in [4.78, 5) is 22.5. The second-order valence-electron chi connectivity index (χ2n) is 5.59. The second kappa shape index (κ2) is 8.82. The number of nitrogens with one attached hydrogen (secondary N) is 1. The first-order chi connectivity index (χ1) is 12.5. The van der Waals surface area contributed by atoms with Crippen molar-refractivity contribution in [1.82, 2.24) is 5.32 Å². The monoisotopic (exact) mass is 361 g/mol. The van der Waals surface area contributed by atoms with E-state index in [1.54, 1.807) is 13.0 Å². The minimum atomic E-state index is -0.765. The van der Waals surface area contributed by atoms with Crippen molar-refractivity contribution >= 4 is 17.7 Å². The summed E-state index contributed by atoms with van der Waals surface area (Å²) < 4.78 is 10.6. The van der Waals surface area contributed by atoms with Gasteiger partial charge in [-0.15, -0.1) is 0 Å². The molecule has 1 aromatic rings. The Hall–Kier alpha value is -3.12. The molecule has 0 spiro atoms. The maximum Gasteiger partial charge on any atom is 0.315 e. The first-order valence-corrected chi connectivity index (χ1v) is 8.12. The molecule has 1 atom stereocenters. The Balaban J connectivity index is 2.24. The summed E-state index contributed by atoms with van der Waals surface area (Å²) in [5, 5.41) is 32.8. The molecule has 1 heterocycles. The average Bonchev–Trinajstić information content (AvgIpc) is 3.13. The number of rotatable bonds is 7. The van der Waals surface area contributed by atoms with Gasteiger partial charge in [-0.1, -0.05) is 0 Å². The third-order valence-corrected chi connectivity index (χ3v) is 3.76. The van der Waals surface area contributed by atoms with Crippen LogP contribution < -0.4 is 10.1 Å². The normalized spacial score (nSPS) is 16.8. The lowest BCUT2D eigenvalue weighted by Crippen LogP contribution is -2.32. The predicted molar refractivity (Wildman–Crippen MR) is 91.5 cm³/mol. The number of nitro groups is 1. The highest BCUT2D eigenvalue weighted by Gasteiger charge is 2.21. The standard InChI is InChI=1S/C17H19N3O6/c1-2-25-15-8-11(7-14(16(15)21)20(23)24)6-12(9-18)17(22)19-10-13-4-3-5-26-13/h6-8,13,21H,2-5,10H2,1H3,(H,19,22)/b12-6+/t13-/m1/s1. The first kappa shape index (κ1) is 19.2. The third-order valence-electron chi connectivity index (χ3n) is 3.76. The van der Waals surface area contributed by atoms with E-state index in [0.717, 1.165) is 18.9 Å². The number of phenols is 1. The quantitative estimate of drug-likeness (QED) is 0.328. The van der Waals surface area contributed by atoms with Crippen LogP contribution in [0.15, 0.2) is 17.7 Å². The predicted octanol–water partition coefficient (Wildman–Crippen LogP) is 1.90. The van der Waals surface area contributed by atoms with E-state index in [2.05, 4.69) is 5.32 Å². The molecule has 0 unspecified atom stereocenters. The highest BCUT2D eigenvalue weighted by Crippen LogP contribution is 2.37. The molecule has 1 aromatic carbocycles. The van der Waals surface area contributed by atoms with Crippen LogP contribution >= 0.6 is 0 Å². The van der Waals surface area contributed by atoms with E-state index >= 15 is 0 Å². The maximum atomic E-state index is 12.2. The number of nitro benzene ring substituents is 1. The number of aromatic hydroxyl groups is 1. The van der Waals surface area contributed by atoms with Crippen LogP contribution in [0.3, 0.4) is 0 Å². The zero-order valence-corrected chi connectivity index (χ0v) is 14.2. The van der Waals surface area contributed by atoms with Gasteiger partial charge in [0.25, 0.3) is 5.91 Å². The zero-order chi connectivity index (χ0) is 19.1. The molecule has 1 amide bonds. The molecule has 0 bridgehead atoms. The van der Waals surface area contributed by atoms with E-state index in [9.17, 15) is 25.3 Å². The molecule has 1 aliphatic heterocycles. The summed E-state index contributed by atoms with van der Waals surface area (Å²) in [6.45, 7) is 2.79. The van der Waals surface area contributed by atoms with Gasteiger partial charge in [-0.05, 0) is 37.5 Å². The van der Waals surface area contributed by atoms with E-state index in [1.807, 2.05) is 0 Å². The van der Waals surface area contributed by atoms with Gasteiger partial charge in [0.1, 0.15) is 11.6 Å². The number of carbonyl (C=O) groups is 1. The molecule has 0 aromatic heterocycles. The van der Waals surface area contributed by atoms with Crippen LogP contribution in [0.25, 0.3) is 6.08 Å². The van der Waals surface area contributed by atoms with Crippen molar-refractivity contribution in [3.05, 3.63) is 33.4 Å². The summed E-state index contributed by atoms with van der Waals surface area (Å²) in [5.41, 5.74) is -0.591. The average molecular weight is 361 g/mol. The van der Waals surface area contributed by atoms with E-state index in [4.69, 9.17) is 9.47 Å². The van der Waals surface area contributed by atoms with Gasteiger partial charge < -0.3 is 19.9 Å². The highest BCUT2D eigenvalue weighted by molar-refractivity contribution is 6.01. The van der Waals surface area contributed by atoms with Crippen LogP contribution in [0.4, 0.5) is 5.69 Å². The van der Waals surface area contributed by atoms with Gasteiger partial charge in [0.15, 0.2) is 5.75 Å². The largest absolute Gasteiger partial charge is 0.500 e. The molecular weight excluding hydrogens is 342 g/mol. The number of phenolic OH excluding ortho intramolecular Hbond substituents is 1. The van der Waals surface area contributed by atoms with Crippen molar-refractivity contribution in [2.45, 2.75) is 25.9 Å². The van der Waals surface area contributed by atoms with Gasteiger partial charge in [-0.25, -0.2) is 0 Å². The van der Waals surface area contributed by atoms with Gasteiger partial charge >= 0.3 is 5.69 Å². The van der Waals surface area contributed by atoms with Gasteiger partial charge in [-0.3, -0.25) is 14.9 Å². The Morgan fingerprint density at radius 3 is 2.96 bits per heavy atom. The van der Waals surface area contributed by atoms with Gasteiger partial charge in [0, 0.05) is 19.2 Å². The number of nitrogens with zero attached hydrogens (tertiary/aromatic N) is 2. The number of ether oxygens (including phenoxy) is 2. The molecule has 2 rings (SSSR count). The zero-order valence-electron chi connectivity index (χ0n) is 14.2. The maximum absolute atomic E-state index is 12.2. The minimum Gasteiger partial charge on any atom is -0.500 e. The van der Waals surface area contributed by atoms with Gasteiger partial charge in [-0.2, -0.15) is 5.26 Å². The van der Waals surface area contributed by atoms with Crippen LogP contribution in [-0.2, 0) is 9.53 Å². The second-order valence-corrected chi connectivity index (χ2v) is 5.59. The number of benzene rings is 1. The fraction of sp³-hybridized carbons (Fsp3) is 0.412. The molecule has 26 heavy (non-hydrogen) atoms. The van der Waals surface area contributed by atoms with Crippen LogP contribution in [0.2, 0.25) is 0 Å². The van der Waals surface area contributed by atoms with Crippen molar-refractivity contribution in [2.75, 3.05) is 19.8 Å². The van der Waals surface area contributed by atoms with Crippen molar-refractivity contribution in [3.8, 4) is 17.6 Å². The molecule has 1 saturated heterocycles. The summed E-state index contributed by atoms with van der Waals surface area (Å²) in [6.07, 6.45) is 2.91. The van der Waals surface area contributed by atoms with E-state index in [-0.39, 0.29) is 36.1 Å². The molecule has 0 aliphatic carbocycles. The summed E-state index contributed by atoms with van der Waals surface area (Å²) in [6, 6.07) is 4.18. The van der Waals surface area contributed by atoms with Crippen LogP contribution in [0.5, 0.6) is 11.5 Å². The Morgan fingerprint density at radius 1 is 1.62 bits per heavy atom. The van der Waals surface area contributed by atoms with Gasteiger partial charge in [0.05, 0.1) is 17.6 Å². The third kappa shape index (κ3) is 4.70. The van der Waals surface area contributed by atoms with E-state index in [0.29, 0.717) is 6.61 Å². The minimum absolute atomic E-state index is 0.0711. The molecule has 1 aliphatic rings. The number of carbonyl (C=O) groups excluding carboxylic acids is 1. The number of nitriles is 1. The van der Waals surface area contributed by atoms with Crippen molar-refractivity contribution < 1.29 is 24.3 Å². The number of amides is 1. The molecule has 0 radical (unpaired) electrons. The lowest BCUT2D eigenvalue weighted by molar-refractivity contribution is -0.386. The summed E-state index contributed by atoms with van der Waals surface area (Å²) in [7, 11) is 0.